The second-order valence-corrected chi connectivity index (χ2v) is 6.60. The van der Waals surface area contributed by atoms with Crippen LogP contribution in [-0.2, 0) is 0 Å². The summed E-state index contributed by atoms with van der Waals surface area (Å²) >= 11 is 0. The monoisotopic (exact) mass is 264 g/mol. The summed E-state index contributed by atoms with van der Waals surface area (Å²) in [7, 11) is 0. The van der Waals surface area contributed by atoms with Crippen LogP contribution in [-0.4, -0.2) is 0 Å². The smallest absolute Gasteiger partial charge is 0.0322 e. The van der Waals surface area contributed by atoms with E-state index in [2.05, 4.69) is 39.8 Å². The molecule has 0 spiro atoms. The normalized spacial score (nSPS) is 21.9. The maximum absolute atomic E-state index is 2.43. The topological polar surface area (TPSA) is 0 Å². The lowest BCUT2D eigenvalue weighted by atomic mass is 9.73. The number of hydrogen-bond acceptors (Lipinski definition) is 0. The highest BCUT2D eigenvalue weighted by Gasteiger charge is 2.30. The molecule has 0 aromatic carbocycles. The first kappa shape index (κ1) is 16.8. The first-order valence-electron chi connectivity index (χ1n) is 8.87. The summed E-state index contributed by atoms with van der Waals surface area (Å²) in [6.07, 6.45) is 17.5. The molecule has 1 aliphatic carbocycles. The van der Waals surface area contributed by atoms with E-state index in [9.17, 15) is 0 Å². The average molecular weight is 264 g/mol. The summed E-state index contributed by atoms with van der Waals surface area (Å²) in [5, 5.41) is 0. The van der Waals surface area contributed by atoms with Gasteiger partial charge in [0.2, 0.25) is 0 Å². The average Bonchev–Trinajstić information content (AvgIpc) is 2.96. The number of hydrogen-bond donors (Lipinski definition) is 0. The van der Waals surface area contributed by atoms with Crippen LogP contribution in [0, 0.1) is 23.7 Å². The Balaban J connectivity index is 2.57. The largest absolute Gasteiger partial charge is 0.0917 e. The molecule has 1 fully saturated rings. The first-order chi connectivity index (χ1) is 9.26. The van der Waals surface area contributed by atoms with E-state index in [0.29, 0.717) is 0 Å². The van der Waals surface area contributed by atoms with Gasteiger partial charge in [0.25, 0.3) is 0 Å². The summed E-state index contributed by atoms with van der Waals surface area (Å²) in [6, 6.07) is 0. The van der Waals surface area contributed by atoms with E-state index < -0.39 is 0 Å². The van der Waals surface area contributed by atoms with Gasteiger partial charge < -0.3 is 0 Å². The van der Waals surface area contributed by atoms with Crippen LogP contribution in [0.4, 0.5) is 0 Å². The fourth-order valence-electron chi connectivity index (χ4n) is 4.27. The lowest BCUT2D eigenvalue weighted by Gasteiger charge is -2.32. The van der Waals surface area contributed by atoms with Crippen LogP contribution in [0.5, 0.6) is 0 Å². The summed E-state index contributed by atoms with van der Waals surface area (Å²) < 4.78 is 0. The van der Waals surface area contributed by atoms with Crippen LogP contribution in [0.3, 0.4) is 0 Å². The fourth-order valence-corrected chi connectivity index (χ4v) is 4.27. The van der Waals surface area contributed by atoms with Gasteiger partial charge in [0.05, 0.1) is 0 Å². The van der Waals surface area contributed by atoms with E-state index in [1.807, 2.05) is 0 Å². The molecule has 1 saturated carbocycles. The van der Waals surface area contributed by atoms with Crippen molar-refractivity contribution in [1.29, 1.82) is 0 Å². The minimum atomic E-state index is 0.914. The molecule has 3 unspecified atom stereocenters. The number of allylic oxidation sites excluding steroid dienone is 2. The van der Waals surface area contributed by atoms with Gasteiger partial charge >= 0.3 is 0 Å². The van der Waals surface area contributed by atoms with Crippen molar-refractivity contribution >= 4 is 0 Å². The van der Waals surface area contributed by atoms with Gasteiger partial charge in [-0.1, -0.05) is 77.9 Å². The second kappa shape index (κ2) is 9.61. The first-order valence-corrected chi connectivity index (χ1v) is 8.87. The minimum Gasteiger partial charge on any atom is -0.0917 e. The summed E-state index contributed by atoms with van der Waals surface area (Å²) in [6.45, 7) is 9.37. The molecule has 0 heteroatoms. The van der Waals surface area contributed by atoms with Gasteiger partial charge in [-0.15, -0.1) is 0 Å². The molecule has 0 bridgehead atoms. The molecule has 112 valence electrons. The Kier molecular flexibility index (Phi) is 8.50. The van der Waals surface area contributed by atoms with Gasteiger partial charge in [0.15, 0.2) is 0 Å². The lowest BCUT2D eigenvalue weighted by molar-refractivity contribution is 0.179. The third kappa shape index (κ3) is 5.32. The van der Waals surface area contributed by atoms with Gasteiger partial charge in [-0.25, -0.2) is 0 Å². The highest BCUT2D eigenvalue weighted by Crippen LogP contribution is 2.41. The second-order valence-electron chi connectivity index (χ2n) is 6.60. The van der Waals surface area contributed by atoms with Crippen molar-refractivity contribution in [2.45, 2.75) is 85.5 Å². The Labute approximate surface area is 122 Å². The van der Waals surface area contributed by atoms with Crippen LogP contribution in [0.25, 0.3) is 0 Å². The zero-order chi connectivity index (χ0) is 14.1. The van der Waals surface area contributed by atoms with Crippen LogP contribution >= 0.6 is 0 Å². The molecule has 0 nitrogen and oxygen atoms in total. The van der Waals surface area contributed by atoms with Crippen molar-refractivity contribution in [3.8, 4) is 0 Å². The minimum absolute atomic E-state index is 0.914. The van der Waals surface area contributed by atoms with E-state index in [-0.39, 0.29) is 0 Å². The molecular formula is C19H36. The molecule has 0 radical (unpaired) electrons. The summed E-state index contributed by atoms with van der Waals surface area (Å²) in [4.78, 5) is 0. The summed E-state index contributed by atoms with van der Waals surface area (Å²) in [5.41, 5.74) is 0. The van der Waals surface area contributed by atoms with Crippen molar-refractivity contribution in [2.75, 3.05) is 0 Å². The predicted molar refractivity (Wildman–Crippen MR) is 87.3 cm³/mol. The van der Waals surface area contributed by atoms with Crippen LogP contribution < -0.4 is 0 Å². The van der Waals surface area contributed by atoms with E-state index in [1.165, 1.54) is 57.8 Å². The molecule has 0 aliphatic heterocycles. The lowest BCUT2D eigenvalue weighted by Crippen LogP contribution is -2.23. The third-order valence-electron chi connectivity index (χ3n) is 5.53. The Morgan fingerprint density at radius 3 is 2.16 bits per heavy atom. The fraction of sp³-hybridized carbons (Fsp3) is 0.895. The standard InChI is InChI=1S/C19H36/c1-5-9-12-16(6-2)15-17(7-3)19(8-4)18-13-10-11-14-18/h5,9,16-19H,6-8,10-15H2,1-4H3/b9-5-. The molecule has 19 heavy (non-hydrogen) atoms. The molecule has 0 N–H and O–H groups in total. The van der Waals surface area contributed by atoms with E-state index in [1.54, 1.807) is 0 Å². The van der Waals surface area contributed by atoms with Crippen molar-refractivity contribution in [2.24, 2.45) is 23.7 Å². The Morgan fingerprint density at radius 2 is 1.68 bits per heavy atom. The van der Waals surface area contributed by atoms with Gasteiger partial charge in [-0.3, -0.25) is 0 Å². The Hall–Kier alpha value is -0.260. The van der Waals surface area contributed by atoms with Crippen molar-refractivity contribution in [3.63, 3.8) is 0 Å². The van der Waals surface area contributed by atoms with E-state index in [4.69, 9.17) is 0 Å². The van der Waals surface area contributed by atoms with Crippen molar-refractivity contribution < 1.29 is 0 Å². The Bertz CT molecular complexity index is 234. The van der Waals surface area contributed by atoms with Gasteiger partial charge in [0.1, 0.15) is 0 Å². The zero-order valence-corrected chi connectivity index (χ0v) is 13.8. The molecular weight excluding hydrogens is 228 g/mol. The third-order valence-corrected chi connectivity index (χ3v) is 5.53. The molecule has 0 saturated heterocycles. The molecule has 1 rings (SSSR count). The molecule has 1 aliphatic rings. The van der Waals surface area contributed by atoms with Crippen molar-refractivity contribution in [1.82, 2.24) is 0 Å². The number of rotatable bonds is 9. The maximum atomic E-state index is 2.43. The highest BCUT2D eigenvalue weighted by atomic mass is 14.4. The molecule has 0 heterocycles. The predicted octanol–water partition coefficient (Wildman–Crippen LogP) is 6.61. The van der Waals surface area contributed by atoms with Crippen LogP contribution in [0.2, 0.25) is 0 Å². The van der Waals surface area contributed by atoms with E-state index >= 15 is 0 Å². The van der Waals surface area contributed by atoms with Gasteiger partial charge in [-0.2, -0.15) is 0 Å². The SMILES string of the molecule is C/C=C\CC(CC)CC(CC)C(CC)C1CCCC1. The van der Waals surface area contributed by atoms with Crippen LogP contribution in [0.15, 0.2) is 12.2 Å². The Morgan fingerprint density at radius 1 is 1.00 bits per heavy atom. The zero-order valence-electron chi connectivity index (χ0n) is 13.8. The molecule has 0 aromatic rings. The quantitative estimate of drug-likeness (QED) is 0.411. The maximum Gasteiger partial charge on any atom is -0.0322 e. The molecule has 0 aromatic heterocycles. The molecule has 0 amide bonds. The van der Waals surface area contributed by atoms with Crippen LogP contribution in [0.1, 0.15) is 85.5 Å². The highest BCUT2D eigenvalue weighted by molar-refractivity contribution is 4.84. The van der Waals surface area contributed by atoms with Gasteiger partial charge in [-0.05, 0) is 43.4 Å². The summed E-state index contributed by atoms with van der Waals surface area (Å²) in [5.74, 6) is 3.95. The van der Waals surface area contributed by atoms with Crippen molar-refractivity contribution in [3.05, 3.63) is 12.2 Å². The van der Waals surface area contributed by atoms with Gasteiger partial charge in [0, 0.05) is 0 Å². The molecule has 3 atom stereocenters. The van der Waals surface area contributed by atoms with E-state index in [0.717, 1.165) is 23.7 Å².